The molecule has 5 rings (SSSR count). The summed E-state index contributed by atoms with van der Waals surface area (Å²) >= 11 is 0. The van der Waals surface area contributed by atoms with Crippen LogP contribution in [0.3, 0.4) is 0 Å². The maximum absolute atomic E-state index is 12.1. The van der Waals surface area contributed by atoms with Gasteiger partial charge in [0.1, 0.15) is 5.78 Å². The Morgan fingerprint density at radius 2 is 1.86 bits per heavy atom. The number of rotatable bonds is 0. The molecular weight excluding hydrogens is 176 g/mol. The van der Waals surface area contributed by atoms with E-state index in [9.17, 15) is 9.90 Å². The van der Waals surface area contributed by atoms with Gasteiger partial charge in [-0.2, -0.15) is 0 Å². The van der Waals surface area contributed by atoms with Gasteiger partial charge in [-0.1, -0.05) is 0 Å². The summed E-state index contributed by atoms with van der Waals surface area (Å²) in [4.78, 5) is 12.1. The van der Waals surface area contributed by atoms with Gasteiger partial charge in [0.2, 0.25) is 0 Å². The van der Waals surface area contributed by atoms with Crippen molar-refractivity contribution in [2.24, 2.45) is 47.3 Å². The Labute approximate surface area is 82.7 Å². The van der Waals surface area contributed by atoms with E-state index in [4.69, 9.17) is 0 Å². The van der Waals surface area contributed by atoms with E-state index in [1.54, 1.807) is 0 Å². The van der Waals surface area contributed by atoms with Gasteiger partial charge in [-0.25, -0.2) is 0 Å². The molecule has 0 spiro atoms. The minimum absolute atomic E-state index is 0.237. The third kappa shape index (κ3) is 0.425. The second-order valence-corrected chi connectivity index (χ2v) is 6.19. The van der Waals surface area contributed by atoms with E-state index in [0.29, 0.717) is 35.4 Å². The van der Waals surface area contributed by atoms with Crippen LogP contribution in [0.2, 0.25) is 0 Å². The lowest BCUT2D eigenvalue weighted by Gasteiger charge is -2.37. The molecule has 5 aliphatic carbocycles. The molecule has 0 aromatic carbocycles. The number of ketones is 1. The molecule has 0 aromatic heterocycles. The zero-order chi connectivity index (χ0) is 9.19. The monoisotopic (exact) mass is 189 g/mol. The number of carbonyl (C=O) groups excluding carboxylic acids is 1. The van der Waals surface area contributed by atoms with E-state index in [0.717, 1.165) is 12.3 Å². The van der Waals surface area contributed by atoms with Gasteiger partial charge in [0.15, 0.2) is 0 Å². The van der Waals surface area contributed by atoms with E-state index in [1.165, 1.54) is 6.42 Å². The Balaban J connectivity index is 1.84. The van der Waals surface area contributed by atoms with Crippen molar-refractivity contribution in [3.8, 4) is 0 Å². The zero-order valence-electron chi connectivity index (χ0n) is 7.93. The average molecular weight is 189 g/mol. The molecule has 9 unspecified atom stereocenters. The normalized spacial score (nSPS) is 75.8. The quantitative estimate of drug-likeness (QED) is 0.540. The third-order valence-electron chi connectivity index (χ3n) is 6.33. The fourth-order valence-electron chi connectivity index (χ4n) is 6.37. The Morgan fingerprint density at radius 1 is 1.00 bits per heavy atom. The molecule has 5 aliphatic rings. The minimum atomic E-state index is -0.356. The highest BCUT2D eigenvalue weighted by Crippen LogP contribution is 2.76. The molecule has 0 aliphatic heterocycles. The second kappa shape index (κ2) is 1.71. The van der Waals surface area contributed by atoms with Crippen molar-refractivity contribution in [3.05, 3.63) is 0 Å². The van der Waals surface area contributed by atoms with Gasteiger partial charge in [-0.15, -0.1) is 6.10 Å². The molecule has 74 valence electrons. The summed E-state index contributed by atoms with van der Waals surface area (Å²) in [6, 6.07) is 0. The Morgan fingerprint density at radius 3 is 2.71 bits per heavy atom. The first kappa shape index (κ1) is 7.00. The van der Waals surface area contributed by atoms with Crippen LogP contribution in [0.25, 0.3) is 0 Å². The highest BCUT2D eigenvalue weighted by Gasteiger charge is 2.76. The van der Waals surface area contributed by atoms with E-state index < -0.39 is 0 Å². The van der Waals surface area contributed by atoms with Gasteiger partial charge >= 0.3 is 0 Å². The molecule has 0 saturated heterocycles. The summed E-state index contributed by atoms with van der Waals surface area (Å²) in [5.74, 6) is 4.49. The van der Waals surface area contributed by atoms with Crippen molar-refractivity contribution in [3.63, 3.8) is 0 Å². The highest BCUT2D eigenvalue weighted by molar-refractivity contribution is 5.89. The second-order valence-electron chi connectivity index (χ2n) is 6.19. The van der Waals surface area contributed by atoms with Crippen LogP contribution in [-0.2, 0) is 4.79 Å². The summed E-state index contributed by atoms with van der Waals surface area (Å²) < 4.78 is 0. The number of fused-ring (bicyclic) bond motifs is 5. The molecule has 0 heterocycles. The van der Waals surface area contributed by atoms with E-state index in [-0.39, 0.29) is 17.9 Å². The molecule has 5 saturated carbocycles. The van der Waals surface area contributed by atoms with Gasteiger partial charge in [0.25, 0.3) is 0 Å². The van der Waals surface area contributed by atoms with Gasteiger partial charge in [0, 0.05) is 11.8 Å². The highest BCUT2D eigenvalue weighted by atomic mass is 16.3. The minimum Gasteiger partial charge on any atom is -0.852 e. The molecule has 0 radical (unpaired) electrons. The molecule has 2 nitrogen and oxygen atoms in total. The van der Waals surface area contributed by atoms with Crippen LogP contribution in [0.15, 0.2) is 0 Å². The van der Waals surface area contributed by atoms with Crippen LogP contribution < -0.4 is 5.11 Å². The van der Waals surface area contributed by atoms with Crippen molar-refractivity contribution in [2.75, 3.05) is 0 Å². The Bertz CT molecular complexity index is 361. The maximum Gasteiger partial charge on any atom is 0.139 e. The number of hydrogen-bond acceptors (Lipinski definition) is 2. The third-order valence-corrected chi connectivity index (χ3v) is 6.33. The van der Waals surface area contributed by atoms with Gasteiger partial charge < -0.3 is 5.11 Å². The first-order valence-electron chi connectivity index (χ1n) is 5.98. The van der Waals surface area contributed by atoms with Crippen LogP contribution in [0, 0.1) is 47.3 Å². The SMILES string of the molecule is O=C1C2CC3C1C1C([O-])C4CC1C3C24. The van der Waals surface area contributed by atoms with Gasteiger partial charge in [-0.3, -0.25) is 4.79 Å². The molecule has 5 fully saturated rings. The maximum atomic E-state index is 12.1. The fraction of sp³-hybridized carbons (Fsp3) is 0.917. The van der Waals surface area contributed by atoms with Crippen molar-refractivity contribution >= 4 is 5.78 Å². The summed E-state index contributed by atoms with van der Waals surface area (Å²) in [5, 5.41) is 12.1. The fourth-order valence-corrected chi connectivity index (χ4v) is 6.37. The van der Waals surface area contributed by atoms with Crippen LogP contribution in [0.1, 0.15) is 12.8 Å². The Hall–Kier alpha value is -0.370. The molecular formula is C12H13O2-. The lowest BCUT2D eigenvalue weighted by atomic mass is 9.76. The molecule has 0 amide bonds. The molecule has 0 aromatic rings. The predicted octanol–water partition coefficient (Wildman–Crippen LogP) is 0.0622. The Kier molecular flexibility index (Phi) is 0.853. The lowest BCUT2D eigenvalue weighted by Crippen LogP contribution is -2.42. The van der Waals surface area contributed by atoms with Crippen LogP contribution in [0.4, 0.5) is 0 Å². The number of Topliss-reactive ketones (excluding diaryl/α,β-unsaturated/α-hetero) is 1. The number of carbonyl (C=O) groups is 1. The van der Waals surface area contributed by atoms with Crippen LogP contribution >= 0.6 is 0 Å². The standard InChI is InChI=1S/C12H13O2/c13-11-5-1-3-7-4-2-6(8(5)7)12(14)10(4)9(3)11/h3-11H,1-2H2/q-1. The molecule has 4 bridgehead atoms. The van der Waals surface area contributed by atoms with Gasteiger partial charge in [-0.05, 0) is 48.3 Å². The van der Waals surface area contributed by atoms with Crippen LogP contribution in [0.5, 0.6) is 0 Å². The van der Waals surface area contributed by atoms with E-state index in [1.807, 2.05) is 0 Å². The summed E-state index contributed by atoms with van der Waals surface area (Å²) in [6.07, 6.45) is 1.99. The van der Waals surface area contributed by atoms with Crippen molar-refractivity contribution in [1.82, 2.24) is 0 Å². The topological polar surface area (TPSA) is 40.1 Å². The van der Waals surface area contributed by atoms with Crippen molar-refractivity contribution < 1.29 is 9.90 Å². The molecule has 2 heteroatoms. The molecule has 14 heavy (non-hydrogen) atoms. The predicted molar refractivity (Wildman–Crippen MR) is 45.9 cm³/mol. The first-order chi connectivity index (χ1) is 6.79. The average Bonchev–Trinajstić information content (AvgIpc) is 2.79. The summed E-state index contributed by atoms with van der Waals surface area (Å²) in [6.45, 7) is 0. The van der Waals surface area contributed by atoms with Crippen molar-refractivity contribution in [1.29, 1.82) is 0 Å². The smallest absolute Gasteiger partial charge is 0.139 e. The summed E-state index contributed by atoms with van der Waals surface area (Å²) in [5.41, 5.74) is 0. The van der Waals surface area contributed by atoms with Crippen LogP contribution in [-0.4, -0.2) is 11.9 Å². The summed E-state index contributed by atoms with van der Waals surface area (Å²) in [7, 11) is 0. The largest absolute Gasteiger partial charge is 0.852 e. The van der Waals surface area contributed by atoms with E-state index >= 15 is 0 Å². The van der Waals surface area contributed by atoms with Crippen molar-refractivity contribution in [2.45, 2.75) is 18.9 Å². The lowest BCUT2D eigenvalue weighted by molar-refractivity contribution is -0.446. The molecule has 0 N–H and O–H groups in total. The molecule has 9 atom stereocenters. The zero-order valence-corrected chi connectivity index (χ0v) is 7.93. The van der Waals surface area contributed by atoms with Gasteiger partial charge in [0.05, 0.1) is 0 Å². The van der Waals surface area contributed by atoms with E-state index in [2.05, 4.69) is 0 Å². The number of hydrogen-bond donors (Lipinski definition) is 0. The first-order valence-corrected chi connectivity index (χ1v) is 5.98.